The number of ether oxygens (including phenoxy) is 3. The van der Waals surface area contributed by atoms with Crippen LogP contribution in [0.15, 0.2) is 24.3 Å². The van der Waals surface area contributed by atoms with Crippen LogP contribution in [-0.2, 0) is 19.0 Å². The molecule has 1 unspecified atom stereocenters. The SMILES string of the molecule is CCCCOC(=O)c1ccc(NC(=O)NC(COC(C)(C)C)C(=O)OC(C)(C)C)cc1. The topological polar surface area (TPSA) is 103 Å². The molecule has 0 aliphatic rings. The lowest BCUT2D eigenvalue weighted by molar-refractivity contribution is -0.160. The monoisotopic (exact) mass is 436 g/mol. The van der Waals surface area contributed by atoms with Crippen LogP contribution in [0.25, 0.3) is 0 Å². The summed E-state index contributed by atoms with van der Waals surface area (Å²) in [6.45, 7) is 13.2. The van der Waals surface area contributed by atoms with Gasteiger partial charge in [0, 0.05) is 5.69 Å². The lowest BCUT2D eigenvalue weighted by Gasteiger charge is -2.27. The highest BCUT2D eigenvalue weighted by Gasteiger charge is 2.28. The average molecular weight is 437 g/mol. The van der Waals surface area contributed by atoms with Crippen LogP contribution in [0.1, 0.15) is 71.7 Å². The molecule has 0 heterocycles. The number of anilines is 1. The van der Waals surface area contributed by atoms with Gasteiger partial charge in [0.25, 0.3) is 0 Å². The van der Waals surface area contributed by atoms with Crippen LogP contribution < -0.4 is 10.6 Å². The van der Waals surface area contributed by atoms with Crippen LogP contribution in [0, 0.1) is 0 Å². The molecular formula is C23H36N2O6. The fourth-order valence-corrected chi connectivity index (χ4v) is 2.28. The predicted molar refractivity (Wildman–Crippen MR) is 119 cm³/mol. The second kappa shape index (κ2) is 11.7. The van der Waals surface area contributed by atoms with Crippen LogP contribution in [0.2, 0.25) is 0 Å². The van der Waals surface area contributed by atoms with Gasteiger partial charge in [0.2, 0.25) is 0 Å². The molecule has 0 aliphatic heterocycles. The molecule has 1 atom stereocenters. The fourth-order valence-electron chi connectivity index (χ4n) is 2.28. The molecule has 0 radical (unpaired) electrons. The van der Waals surface area contributed by atoms with Gasteiger partial charge in [0.15, 0.2) is 6.04 Å². The van der Waals surface area contributed by atoms with E-state index in [4.69, 9.17) is 14.2 Å². The van der Waals surface area contributed by atoms with Gasteiger partial charge in [-0.3, -0.25) is 0 Å². The van der Waals surface area contributed by atoms with E-state index in [9.17, 15) is 14.4 Å². The summed E-state index contributed by atoms with van der Waals surface area (Å²) in [6.07, 6.45) is 1.75. The molecule has 8 heteroatoms. The Balaban J connectivity index is 2.73. The molecule has 0 saturated carbocycles. The van der Waals surface area contributed by atoms with Crippen LogP contribution in [0.5, 0.6) is 0 Å². The standard InChI is InChI=1S/C23H36N2O6/c1-8-9-14-29-19(26)16-10-12-17(13-11-16)24-21(28)25-18(15-30-22(2,3)4)20(27)31-23(5,6)7/h10-13,18H,8-9,14-15H2,1-7H3,(H2,24,25,28). The van der Waals surface area contributed by atoms with Gasteiger partial charge in [-0.25, -0.2) is 14.4 Å². The van der Waals surface area contributed by atoms with Crippen LogP contribution in [-0.4, -0.2) is 48.4 Å². The summed E-state index contributed by atoms with van der Waals surface area (Å²) in [5.74, 6) is -0.995. The number of nitrogens with one attached hydrogen (secondary N) is 2. The number of benzene rings is 1. The Morgan fingerprint density at radius 2 is 1.58 bits per heavy atom. The molecule has 0 bridgehead atoms. The summed E-state index contributed by atoms with van der Waals surface area (Å²) in [5.41, 5.74) is -0.328. The molecule has 8 nitrogen and oxygen atoms in total. The highest BCUT2D eigenvalue weighted by molar-refractivity contribution is 5.94. The van der Waals surface area contributed by atoms with Crippen molar-refractivity contribution in [2.24, 2.45) is 0 Å². The summed E-state index contributed by atoms with van der Waals surface area (Å²) >= 11 is 0. The molecule has 0 spiro atoms. The van der Waals surface area contributed by atoms with Gasteiger partial charge in [-0.1, -0.05) is 13.3 Å². The van der Waals surface area contributed by atoms with Crippen molar-refractivity contribution in [1.29, 1.82) is 0 Å². The molecule has 174 valence electrons. The van der Waals surface area contributed by atoms with Crippen molar-refractivity contribution in [3.63, 3.8) is 0 Å². The van der Waals surface area contributed by atoms with E-state index in [1.807, 2.05) is 27.7 Å². The number of esters is 2. The molecule has 1 rings (SSSR count). The van der Waals surface area contributed by atoms with E-state index in [1.54, 1.807) is 45.0 Å². The van der Waals surface area contributed by atoms with Gasteiger partial charge < -0.3 is 24.8 Å². The molecule has 0 aliphatic carbocycles. The Kier molecular flexibility index (Phi) is 9.97. The Morgan fingerprint density at radius 3 is 2.10 bits per heavy atom. The minimum Gasteiger partial charge on any atom is -0.462 e. The molecular weight excluding hydrogens is 400 g/mol. The zero-order chi connectivity index (χ0) is 23.7. The van der Waals surface area contributed by atoms with E-state index in [1.165, 1.54) is 0 Å². The van der Waals surface area contributed by atoms with Crippen molar-refractivity contribution >= 4 is 23.7 Å². The third kappa shape index (κ3) is 11.4. The molecule has 0 aromatic heterocycles. The van der Waals surface area contributed by atoms with E-state index < -0.39 is 35.2 Å². The first kappa shape index (κ1) is 26.4. The first-order valence-corrected chi connectivity index (χ1v) is 10.5. The first-order valence-electron chi connectivity index (χ1n) is 10.5. The van der Waals surface area contributed by atoms with Crippen molar-refractivity contribution in [3.05, 3.63) is 29.8 Å². The van der Waals surface area contributed by atoms with E-state index in [0.717, 1.165) is 12.8 Å². The minimum absolute atomic E-state index is 0.0334. The molecule has 2 amide bonds. The van der Waals surface area contributed by atoms with Crippen molar-refractivity contribution in [2.75, 3.05) is 18.5 Å². The number of carbonyl (C=O) groups is 3. The van der Waals surface area contributed by atoms with Gasteiger partial charge in [0.05, 0.1) is 24.4 Å². The van der Waals surface area contributed by atoms with Crippen molar-refractivity contribution in [3.8, 4) is 0 Å². The maximum absolute atomic E-state index is 12.5. The maximum atomic E-state index is 12.5. The first-order chi connectivity index (χ1) is 14.3. The van der Waals surface area contributed by atoms with Crippen molar-refractivity contribution < 1.29 is 28.6 Å². The third-order valence-electron chi connectivity index (χ3n) is 3.79. The second-order valence-corrected chi connectivity index (χ2v) is 9.17. The molecule has 0 fully saturated rings. The Labute approximate surface area is 185 Å². The number of urea groups is 1. The number of hydrogen-bond acceptors (Lipinski definition) is 6. The highest BCUT2D eigenvalue weighted by Crippen LogP contribution is 2.13. The molecule has 1 aromatic carbocycles. The lowest BCUT2D eigenvalue weighted by atomic mass is 10.1. The lowest BCUT2D eigenvalue weighted by Crippen LogP contribution is -2.49. The quantitative estimate of drug-likeness (QED) is 0.442. The van der Waals surface area contributed by atoms with Crippen molar-refractivity contribution in [2.45, 2.75) is 78.6 Å². The number of hydrogen-bond donors (Lipinski definition) is 2. The number of carbonyl (C=O) groups excluding carboxylic acids is 3. The summed E-state index contributed by atoms with van der Waals surface area (Å²) in [4.78, 5) is 36.9. The predicted octanol–water partition coefficient (Wildman–Crippen LogP) is 4.29. The minimum atomic E-state index is -0.980. The number of unbranched alkanes of at least 4 members (excludes halogenated alkanes) is 1. The zero-order valence-corrected chi connectivity index (χ0v) is 19.7. The average Bonchev–Trinajstić information content (AvgIpc) is 2.63. The smallest absolute Gasteiger partial charge is 0.338 e. The van der Waals surface area contributed by atoms with Gasteiger partial charge in [-0.2, -0.15) is 0 Å². The van der Waals surface area contributed by atoms with Crippen LogP contribution in [0.3, 0.4) is 0 Å². The Bertz CT molecular complexity index is 732. The molecule has 2 N–H and O–H groups in total. The van der Waals surface area contributed by atoms with Gasteiger partial charge in [-0.05, 0) is 72.2 Å². The van der Waals surface area contributed by atoms with E-state index >= 15 is 0 Å². The second-order valence-electron chi connectivity index (χ2n) is 9.17. The van der Waals surface area contributed by atoms with E-state index in [2.05, 4.69) is 10.6 Å². The largest absolute Gasteiger partial charge is 0.462 e. The third-order valence-corrected chi connectivity index (χ3v) is 3.79. The van der Waals surface area contributed by atoms with E-state index in [0.29, 0.717) is 17.9 Å². The summed E-state index contributed by atoms with van der Waals surface area (Å²) in [5, 5.41) is 5.23. The fraction of sp³-hybridized carbons (Fsp3) is 0.609. The van der Waals surface area contributed by atoms with Gasteiger partial charge >= 0.3 is 18.0 Å². The maximum Gasteiger partial charge on any atom is 0.338 e. The highest BCUT2D eigenvalue weighted by atomic mass is 16.6. The summed E-state index contributed by atoms with van der Waals surface area (Å²) in [6, 6.07) is 4.74. The number of rotatable bonds is 9. The molecule has 1 aromatic rings. The Hall–Kier alpha value is -2.61. The van der Waals surface area contributed by atoms with E-state index in [-0.39, 0.29) is 6.61 Å². The molecule has 0 saturated heterocycles. The summed E-state index contributed by atoms with van der Waals surface area (Å²) in [7, 11) is 0. The van der Waals surface area contributed by atoms with Crippen LogP contribution in [0.4, 0.5) is 10.5 Å². The normalized spacial score (nSPS) is 12.6. The van der Waals surface area contributed by atoms with Gasteiger partial charge in [0.1, 0.15) is 5.60 Å². The van der Waals surface area contributed by atoms with Gasteiger partial charge in [-0.15, -0.1) is 0 Å². The Morgan fingerprint density at radius 1 is 0.968 bits per heavy atom. The van der Waals surface area contributed by atoms with Crippen molar-refractivity contribution in [1.82, 2.24) is 5.32 Å². The number of amides is 2. The zero-order valence-electron chi connectivity index (χ0n) is 19.7. The molecule has 31 heavy (non-hydrogen) atoms. The van der Waals surface area contributed by atoms with Crippen LogP contribution >= 0.6 is 0 Å². The summed E-state index contributed by atoms with van der Waals surface area (Å²) < 4.78 is 16.2.